The molecular formula is C12H16NOS+. The molecule has 0 radical (unpaired) electrons. The fourth-order valence-electron chi connectivity index (χ4n) is 2.78. The second kappa shape index (κ2) is 3.74. The molecule has 1 aromatic rings. The Morgan fingerprint density at radius 3 is 2.80 bits per heavy atom. The summed E-state index contributed by atoms with van der Waals surface area (Å²) in [6, 6.07) is 2.12. The summed E-state index contributed by atoms with van der Waals surface area (Å²) in [7, 11) is 0. The van der Waals surface area contributed by atoms with Crippen LogP contribution in [0.4, 0.5) is 0 Å². The van der Waals surface area contributed by atoms with E-state index in [0.717, 1.165) is 0 Å². The van der Waals surface area contributed by atoms with Gasteiger partial charge in [-0.25, -0.2) is 0 Å². The van der Waals surface area contributed by atoms with Gasteiger partial charge in [0.25, 0.3) is 0 Å². The van der Waals surface area contributed by atoms with E-state index in [-0.39, 0.29) is 6.10 Å². The van der Waals surface area contributed by atoms with Gasteiger partial charge in [0.15, 0.2) is 0 Å². The van der Waals surface area contributed by atoms with Crippen LogP contribution in [0.25, 0.3) is 6.08 Å². The quantitative estimate of drug-likeness (QED) is 0.720. The lowest BCUT2D eigenvalue weighted by Gasteiger charge is -2.40. The number of aliphatic hydroxyl groups excluding tert-OH is 1. The first-order valence-electron chi connectivity index (χ1n) is 5.61. The van der Waals surface area contributed by atoms with Gasteiger partial charge in [-0.15, -0.1) is 0 Å². The topological polar surface area (TPSA) is 24.7 Å². The molecule has 3 saturated heterocycles. The fraction of sp³-hybridized carbons (Fsp3) is 0.500. The van der Waals surface area contributed by atoms with E-state index in [9.17, 15) is 5.11 Å². The second-order valence-electron chi connectivity index (χ2n) is 4.54. The molecule has 4 rings (SSSR count). The third kappa shape index (κ3) is 1.65. The highest BCUT2D eigenvalue weighted by Gasteiger charge is 2.40. The minimum absolute atomic E-state index is 0.192. The molecule has 15 heavy (non-hydrogen) atoms. The molecular weight excluding hydrogens is 206 g/mol. The maximum Gasteiger partial charge on any atom is 0.137 e. The molecule has 2 bridgehead atoms. The van der Waals surface area contributed by atoms with Gasteiger partial charge in [0.05, 0.1) is 13.1 Å². The highest BCUT2D eigenvalue weighted by Crippen LogP contribution is 2.25. The van der Waals surface area contributed by atoms with Crippen molar-refractivity contribution in [1.29, 1.82) is 0 Å². The SMILES string of the molecule is O[C@@H]1/C(=C/c2ccsc2)[NH+]2CCC1CC2. The minimum atomic E-state index is -0.192. The predicted molar refractivity (Wildman–Crippen MR) is 61.7 cm³/mol. The molecule has 3 fully saturated rings. The molecule has 1 atom stereocenters. The summed E-state index contributed by atoms with van der Waals surface area (Å²) < 4.78 is 0. The van der Waals surface area contributed by atoms with Gasteiger partial charge in [-0.3, -0.25) is 0 Å². The Labute approximate surface area is 93.8 Å². The lowest BCUT2D eigenvalue weighted by Crippen LogP contribution is -3.14. The third-order valence-electron chi connectivity index (χ3n) is 3.67. The summed E-state index contributed by atoms with van der Waals surface area (Å²) in [5.41, 5.74) is 2.46. The zero-order valence-electron chi connectivity index (χ0n) is 8.65. The van der Waals surface area contributed by atoms with Crippen molar-refractivity contribution in [1.82, 2.24) is 0 Å². The zero-order valence-corrected chi connectivity index (χ0v) is 9.46. The Balaban J connectivity index is 1.92. The average Bonchev–Trinajstić information content (AvgIpc) is 2.77. The number of hydrogen-bond donors (Lipinski definition) is 2. The first-order valence-corrected chi connectivity index (χ1v) is 6.56. The van der Waals surface area contributed by atoms with Crippen LogP contribution in [0.2, 0.25) is 0 Å². The molecule has 2 nitrogen and oxygen atoms in total. The molecule has 80 valence electrons. The van der Waals surface area contributed by atoms with Crippen molar-refractivity contribution in [2.24, 2.45) is 5.92 Å². The number of nitrogens with one attached hydrogen (secondary N) is 1. The van der Waals surface area contributed by atoms with E-state index in [2.05, 4.69) is 22.9 Å². The molecule has 0 saturated carbocycles. The molecule has 3 heteroatoms. The van der Waals surface area contributed by atoms with Crippen LogP contribution in [0.1, 0.15) is 18.4 Å². The summed E-state index contributed by atoms with van der Waals surface area (Å²) in [6.07, 6.45) is 4.37. The smallest absolute Gasteiger partial charge is 0.137 e. The van der Waals surface area contributed by atoms with Crippen molar-refractivity contribution in [3.8, 4) is 0 Å². The van der Waals surface area contributed by atoms with Crippen LogP contribution >= 0.6 is 11.3 Å². The number of quaternary nitrogens is 1. The maximum absolute atomic E-state index is 10.2. The highest BCUT2D eigenvalue weighted by molar-refractivity contribution is 7.08. The lowest BCUT2D eigenvalue weighted by atomic mass is 9.83. The highest BCUT2D eigenvalue weighted by atomic mass is 32.1. The predicted octanol–water partition coefficient (Wildman–Crippen LogP) is 0.758. The van der Waals surface area contributed by atoms with Gasteiger partial charge in [-0.1, -0.05) is 0 Å². The van der Waals surface area contributed by atoms with E-state index in [0.29, 0.717) is 5.92 Å². The van der Waals surface area contributed by atoms with E-state index in [4.69, 9.17) is 0 Å². The van der Waals surface area contributed by atoms with Crippen LogP contribution in [0.5, 0.6) is 0 Å². The first-order chi connectivity index (χ1) is 7.34. The van der Waals surface area contributed by atoms with Crippen molar-refractivity contribution in [3.63, 3.8) is 0 Å². The summed E-state index contributed by atoms with van der Waals surface area (Å²) in [4.78, 5) is 1.50. The van der Waals surface area contributed by atoms with Gasteiger partial charge in [-0.05, 0) is 22.4 Å². The van der Waals surface area contributed by atoms with Gasteiger partial charge in [0.2, 0.25) is 0 Å². The van der Waals surface area contributed by atoms with Crippen LogP contribution < -0.4 is 4.90 Å². The third-order valence-corrected chi connectivity index (χ3v) is 4.37. The van der Waals surface area contributed by atoms with E-state index >= 15 is 0 Å². The number of fused-ring (bicyclic) bond motifs is 3. The van der Waals surface area contributed by atoms with Crippen LogP contribution in [-0.2, 0) is 0 Å². The standard InChI is InChI=1S/C12H15NOS/c14-12-10-1-4-13(5-2-10)11(12)7-9-3-6-15-8-9/h3,6-8,10,12,14H,1-2,4-5H2/p+1/b11-7-/t12-/m0/s1. The average molecular weight is 222 g/mol. The summed E-state index contributed by atoms with van der Waals surface area (Å²) in [6.45, 7) is 2.41. The van der Waals surface area contributed by atoms with E-state index in [1.165, 1.54) is 42.1 Å². The molecule has 3 aliphatic heterocycles. The lowest BCUT2D eigenvalue weighted by molar-refractivity contribution is -0.880. The monoisotopic (exact) mass is 222 g/mol. The second-order valence-corrected chi connectivity index (χ2v) is 5.32. The number of piperidine rings is 3. The number of thiophene rings is 1. The molecule has 2 N–H and O–H groups in total. The van der Waals surface area contributed by atoms with Crippen molar-refractivity contribution in [3.05, 3.63) is 28.1 Å². The van der Waals surface area contributed by atoms with Gasteiger partial charge >= 0.3 is 0 Å². The summed E-state index contributed by atoms with van der Waals surface area (Å²) >= 11 is 1.71. The van der Waals surface area contributed by atoms with Gasteiger partial charge in [-0.2, -0.15) is 11.3 Å². The first kappa shape index (κ1) is 9.58. The largest absolute Gasteiger partial charge is 0.383 e. The van der Waals surface area contributed by atoms with Gasteiger partial charge in [0.1, 0.15) is 11.8 Å². The summed E-state index contributed by atoms with van der Waals surface area (Å²) in [5, 5.41) is 14.4. The maximum atomic E-state index is 10.2. The van der Waals surface area contributed by atoms with Crippen molar-refractivity contribution in [2.75, 3.05) is 13.1 Å². The number of hydrogen-bond acceptors (Lipinski definition) is 2. The summed E-state index contributed by atoms with van der Waals surface area (Å²) in [5.74, 6) is 0.521. The zero-order chi connectivity index (χ0) is 10.3. The van der Waals surface area contributed by atoms with Gasteiger partial charge < -0.3 is 10.0 Å². The molecule has 0 amide bonds. The fourth-order valence-corrected chi connectivity index (χ4v) is 3.40. The Morgan fingerprint density at radius 1 is 1.40 bits per heavy atom. The molecule has 0 unspecified atom stereocenters. The normalized spacial score (nSPS) is 37.4. The van der Waals surface area contributed by atoms with E-state index < -0.39 is 0 Å². The number of rotatable bonds is 1. The molecule has 0 aliphatic carbocycles. The van der Waals surface area contributed by atoms with Crippen molar-refractivity contribution < 1.29 is 10.0 Å². The Kier molecular flexibility index (Phi) is 2.39. The molecule has 3 aliphatic rings. The molecule has 4 heterocycles. The minimum Gasteiger partial charge on any atom is -0.383 e. The van der Waals surface area contributed by atoms with Crippen molar-refractivity contribution in [2.45, 2.75) is 18.9 Å². The van der Waals surface area contributed by atoms with E-state index in [1.54, 1.807) is 11.3 Å². The molecule has 1 aromatic heterocycles. The van der Waals surface area contributed by atoms with Crippen LogP contribution in [-0.4, -0.2) is 24.3 Å². The Hall–Kier alpha value is -0.640. The Morgan fingerprint density at radius 2 is 2.20 bits per heavy atom. The van der Waals surface area contributed by atoms with Gasteiger partial charge in [0, 0.05) is 24.8 Å². The van der Waals surface area contributed by atoms with Crippen LogP contribution in [0, 0.1) is 5.92 Å². The molecule has 0 spiro atoms. The van der Waals surface area contributed by atoms with Crippen molar-refractivity contribution >= 4 is 17.4 Å². The van der Waals surface area contributed by atoms with Crippen LogP contribution in [0.15, 0.2) is 22.5 Å². The van der Waals surface area contributed by atoms with E-state index in [1.807, 2.05) is 0 Å². The molecule has 0 aromatic carbocycles. The van der Waals surface area contributed by atoms with Crippen LogP contribution in [0.3, 0.4) is 0 Å². The Bertz CT molecular complexity index is 359. The number of aliphatic hydroxyl groups is 1.